The van der Waals surface area contributed by atoms with Gasteiger partial charge in [0.05, 0.1) is 5.69 Å². The van der Waals surface area contributed by atoms with Gasteiger partial charge in [-0.1, -0.05) is 0 Å². The number of rotatable bonds is 4. The molecule has 21 heavy (non-hydrogen) atoms. The van der Waals surface area contributed by atoms with Gasteiger partial charge in [0.25, 0.3) is 10.0 Å². The first-order chi connectivity index (χ1) is 10.0. The van der Waals surface area contributed by atoms with Crippen LogP contribution < -0.4 is 19.9 Å². The Hall–Kier alpha value is -1.77. The molecule has 0 unspecified atom stereocenters. The molecule has 6 nitrogen and oxygen atoms in total. The summed E-state index contributed by atoms with van der Waals surface area (Å²) in [6.45, 7) is 2.09. The van der Waals surface area contributed by atoms with Crippen molar-refractivity contribution in [3.63, 3.8) is 0 Å². The van der Waals surface area contributed by atoms with Gasteiger partial charge in [-0.05, 0) is 30.0 Å². The van der Waals surface area contributed by atoms with Crippen molar-refractivity contribution in [3.05, 3.63) is 34.0 Å². The highest BCUT2D eigenvalue weighted by Crippen LogP contribution is 2.35. The zero-order valence-electron chi connectivity index (χ0n) is 11.3. The van der Waals surface area contributed by atoms with E-state index in [1.165, 1.54) is 11.3 Å². The minimum Gasteiger partial charge on any atom is -0.454 e. The number of hydrogen-bond acceptors (Lipinski definition) is 6. The zero-order valence-corrected chi connectivity index (χ0v) is 12.9. The molecule has 8 heteroatoms. The summed E-state index contributed by atoms with van der Waals surface area (Å²) in [5, 5.41) is 1.79. The normalized spacial score (nSPS) is 13.4. The molecule has 3 N–H and O–H groups in total. The maximum Gasteiger partial charge on any atom is 0.263 e. The molecule has 1 aromatic heterocycles. The Labute approximate surface area is 126 Å². The van der Waals surface area contributed by atoms with Crippen LogP contribution in [0.2, 0.25) is 0 Å². The van der Waals surface area contributed by atoms with Gasteiger partial charge in [0.1, 0.15) is 4.90 Å². The Morgan fingerprint density at radius 3 is 2.86 bits per heavy atom. The molecule has 0 amide bonds. The highest BCUT2D eigenvalue weighted by Gasteiger charge is 2.23. The first-order valence-electron chi connectivity index (χ1n) is 6.21. The monoisotopic (exact) mass is 326 g/mol. The van der Waals surface area contributed by atoms with E-state index in [-0.39, 0.29) is 18.2 Å². The summed E-state index contributed by atoms with van der Waals surface area (Å²) in [4.78, 5) is 0.897. The molecule has 2 heterocycles. The van der Waals surface area contributed by atoms with E-state index < -0.39 is 10.0 Å². The van der Waals surface area contributed by atoms with Crippen molar-refractivity contribution in [2.45, 2.75) is 18.4 Å². The number of hydrogen-bond donors (Lipinski definition) is 2. The number of anilines is 1. The molecule has 0 saturated heterocycles. The lowest BCUT2D eigenvalue weighted by atomic mass is 10.3. The Morgan fingerprint density at radius 1 is 1.33 bits per heavy atom. The first kappa shape index (κ1) is 14.2. The molecule has 2 aromatic rings. The van der Waals surface area contributed by atoms with Crippen molar-refractivity contribution in [1.82, 2.24) is 0 Å². The zero-order chi connectivity index (χ0) is 15.0. The van der Waals surface area contributed by atoms with Crippen LogP contribution in [0.25, 0.3) is 0 Å². The van der Waals surface area contributed by atoms with Gasteiger partial charge in [0.15, 0.2) is 11.5 Å². The van der Waals surface area contributed by atoms with Crippen LogP contribution in [0.5, 0.6) is 11.5 Å². The van der Waals surface area contributed by atoms with Gasteiger partial charge in [-0.15, -0.1) is 11.3 Å². The predicted molar refractivity (Wildman–Crippen MR) is 80.3 cm³/mol. The van der Waals surface area contributed by atoms with Crippen molar-refractivity contribution < 1.29 is 17.9 Å². The van der Waals surface area contributed by atoms with Crippen LogP contribution in [-0.4, -0.2) is 15.2 Å². The van der Waals surface area contributed by atoms with E-state index in [9.17, 15) is 8.42 Å². The second kappa shape index (κ2) is 5.21. The largest absolute Gasteiger partial charge is 0.454 e. The van der Waals surface area contributed by atoms with Gasteiger partial charge < -0.3 is 15.2 Å². The van der Waals surface area contributed by atoms with Crippen LogP contribution >= 0.6 is 11.3 Å². The molecule has 1 aliphatic rings. The van der Waals surface area contributed by atoms with Crippen LogP contribution in [0.15, 0.2) is 28.5 Å². The second-order valence-electron chi connectivity index (χ2n) is 4.55. The third-order valence-corrected chi connectivity index (χ3v) is 5.93. The lowest BCUT2D eigenvalue weighted by Gasteiger charge is -2.10. The molecule has 0 fully saturated rings. The van der Waals surface area contributed by atoms with Crippen LogP contribution in [0, 0.1) is 6.92 Å². The molecular weight excluding hydrogens is 312 g/mol. The summed E-state index contributed by atoms with van der Waals surface area (Å²) in [5.74, 6) is 1.13. The number of nitrogens with one attached hydrogen (secondary N) is 1. The van der Waals surface area contributed by atoms with E-state index >= 15 is 0 Å². The summed E-state index contributed by atoms with van der Waals surface area (Å²) >= 11 is 1.34. The summed E-state index contributed by atoms with van der Waals surface area (Å²) in [6.07, 6.45) is 0. The molecule has 0 saturated carbocycles. The summed E-state index contributed by atoms with van der Waals surface area (Å²) < 4.78 is 38.1. The van der Waals surface area contributed by atoms with E-state index in [4.69, 9.17) is 15.2 Å². The van der Waals surface area contributed by atoms with Gasteiger partial charge in [0, 0.05) is 17.5 Å². The fourth-order valence-corrected chi connectivity index (χ4v) is 4.91. The molecule has 3 rings (SSSR count). The Kier molecular flexibility index (Phi) is 3.52. The molecule has 0 spiro atoms. The maximum absolute atomic E-state index is 12.5. The summed E-state index contributed by atoms with van der Waals surface area (Å²) in [5.41, 5.74) is 6.72. The molecule has 1 aliphatic heterocycles. The fraction of sp³-hybridized carbons (Fsp3) is 0.231. The number of sulfonamides is 1. The smallest absolute Gasteiger partial charge is 0.263 e. The van der Waals surface area contributed by atoms with Gasteiger partial charge in [0.2, 0.25) is 6.79 Å². The number of benzene rings is 1. The number of aryl methyl sites for hydroxylation is 1. The predicted octanol–water partition coefficient (Wildman–Crippen LogP) is 2.04. The van der Waals surface area contributed by atoms with Crippen LogP contribution in [0.3, 0.4) is 0 Å². The maximum atomic E-state index is 12.5. The average molecular weight is 326 g/mol. The third-order valence-electron chi connectivity index (χ3n) is 3.07. The highest BCUT2D eigenvalue weighted by molar-refractivity contribution is 7.93. The van der Waals surface area contributed by atoms with Gasteiger partial charge >= 0.3 is 0 Å². The van der Waals surface area contributed by atoms with Crippen molar-refractivity contribution >= 4 is 27.0 Å². The second-order valence-corrected chi connectivity index (χ2v) is 7.13. The van der Waals surface area contributed by atoms with Crippen molar-refractivity contribution in [3.8, 4) is 11.5 Å². The quantitative estimate of drug-likeness (QED) is 0.897. The number of ether oxygens (including phenoxy) is 2. The summed E-state index contributed by atoms with van der Waals surface area (Å²) in [6, 6.07) is 4.91. The van der Waals surface area contributed by atoms with Crippen molar-refractivity contribution in [2.75, 3.05) is 11.5 Å². The van der Waals surface area contributed by atoms with E-state index in [0.717, 1.165) is 0 Å². The summed E-state index contributed by atoms with van der Waals surface area (Å²) in [7, 11) is -3.68. The number of thiophene rings is 1. The molecule has 0 atom stereocenters. The average Bonchev–Trinajstić information content (AvgIpc) is 3.03. The van der Waals surface area contributed by atoms with E-state index in [1.807, 2.05) is 0 Å². The van der Waals surface area contributed by atoms with Crippen LogP contribution in [-0.2, 0) is 16.6 Å². The Balaban J connectivity index is 1.94. The van der Waals surface area contributed by atoms with Gasteiger partial charge in [-0.2, -0.15) is 0 Å². The Morgan fingerprint density at radius 2 is 2.10 bits per heavy atom. The molecule has 0 aliphatic carbocycles. The van der Waals surface area contributed by atoms with E-state index in [0.29, 0.717) is 27.6 Å². The molecule has 1 aromatic carbocycles. The Bertz CT molecular complexity index is 783. The minimum absolute atomic E-state index is 0.145. The SMILES string of the molecule is Cc1csc(CN)c1S(=O)(=O)Nc1ccc2c(c1)OCO2. The van der Waals surface area contributed by atoms with Gasteiger partial charge in [-0.25, -0.2) is 8.42 Å². The lowest BCUT2D eigenvalue weighted by Crippen LogP contribution is -2.15. The molecule has 0 bridgehead atoms. The molecule has 0 radical (unpaired) electrons. The number of fused-ring (bicyclic) bond motifs is 1. The fourth-order valence-electron chi connectivity index (χ4n) is 2.16. The van der Waals surface area contributed by atoms with Crippen molar-refractivity contribution in [2.24, 2.45) is 5.73 Å². The molecule has 112 valence electrons. The third kappa shape index (κ3) is 2.57. The lowest BCUT2D eigenvalue weighted by molar-refractivity contribution is 0.174. The van der Waals surface area contributed by atoms with E-state index in [1.54, 1.807) is 30.5 Å². The van der Waals surface area contributed by atoms with E-state index in [2.05, 4.69) is 4.72 Å². The molecular formula is C13H14N2O4S2. The van der Waals surface area contributed by atoms with Gasteiger partial charge in [-0.3, -0.25) is 4.72 Å². The van der Waals surface area contributed by atoms with Crippen molar-refractivity contribution in [1.29, 1.82) is 0 Å². The minimum atomic E-state index is -3.68. The highest BCUT2D eigenvalue weighted by atomic mass is 32.2. The number of nitrogens with two attached hydrogens (primary N) is 1. The first-order valence-corrected chi connectivity index (χ1v) is 8.57. The van der Waals surface area contributed by atoms with Crippen LogP contribution in [0.4, 0.5) is 5.69 Å². The standard InChI is InChI=1S/C13H14N2O4S2/c1-8-6-20-12(5-14)13(8)21(16,17)15-9-2-3-10-11(4-9)19-7-18-10/h2-4,6,15H,5,7,14H2,1H3. The topological polar surface area (TPSA) is 90.7 Å². The van der Waals surface area contributed by atoms with Crippen LogP contribution in [0.1, 0.15) is 10.4 Å².